The number of benzene rings is 2. The number of aromatic nitrogens is 3. The lowest BCUT2D eigenvalue weighted by atomic mass is 9.87. The molecule has 2 aromatic carbocycles. The van der Waals surface area contributed by atoms with Gasteiger partial charge in [-0.15, -0.1) is 10.2 Å². The van der Waals surface area contributed by atoms with Crippen LogP contribution in [0, 0.1) is 0 Å². The Labute approximate surface area is 181 Å². The van der Waals surface area contributed by atoms with Gasteiger partial charge in [0.1, 0.15) is 5.75 Å². The smallest absolute Gasteiger partial charge is 0.230 e. The SMILES string of the molecule is COc1ccccc1CNC(=O)CSc1nnc(-c2ccc(C(C)(C)C)cc2)n1N. The maximum atomic E-state index is 12.2. The van der Waals surface area contributed by atoms with E-state index in [2.05, 4.69) is 48.4 Å². The zero-order chi connectivity index (χ0) is 21.7. The van der Waals surface area contributed by atoms with Crippen molar-refractivity contribution in [2.75, 3.05) is 18.7 Å². The number of nitrogens with one attached hydrogen (secondary N) is 1. The first-order valence-corrected chi connectivity index (χ1v) is 10.6. The Hall–Kier alpha value is -3.00. The number of rotatable bonds is 7. The third-order valence-corrected chi connectivity index (χ3v) is 5.62. The van der Waals surface area contributed by atoms with Crippen LogP contribution in [0.5, 0.6) is 5.75 Å². The molecule has 1 aromatic heterocycles. The molecular formula is C22H27N5O2S. The first-order valence-electron chi connectivity index (χ1n) is 9.62. The Balaban J connectivity index is 1.59. The molecule has 0 unspecified atom stereocenters. The van der Waals surface area contributed by atoms with E-state index in [0.29, 0.717) is 17.5 Å². The number of carbonyl (C=O) groups excluding carboxylic acids is 1. The highest BCUT2D eigenvalue weighted by molar-refractivity contribution is 7.99. The van der Waals surface area contributed by atoms with E-state index in [1.807, 2.05) is 36.4 Å². The Bertz CT molecular complexity index is 1010. The van der Waals surface area contributed by atoms with Gasteiger partial charge in [-0.25, -0.2) is 4.68 Å². The number of nitrogens with two attached hydrogens (primary N) is 1. The van der Waals surface area contributed by atoms with E-state index in [-0.39, 0.29) is 17.1 Å². The lowest BCUT2D eigenvalue weighted by Gasteiger charge is -2.19. The zero-order valence-electron chi connectivity index (χ0n) is 17.7. The van der Waals surface area contributed by atoms with Crippen LogP contribution >= 0.6 is 11.8 Å². The molecule has 3 aromatic rings. The number of amides is 1. The summed E-state index contributed by atoms with van der Waals surface area (Å²) in [6.07, 6.45) is 0. The van der Waals surface area contributed by atoms with Crippen LogP contribution in [-0.2, 0) is 16.8 Å². The van der Waals surface area contributed by atoms with Gasteiger partial charge in [0.25, 0.3) is 0 Å². The van der Waals surface area contributed by atoms with Crippen molar-refractivity contribution in [1.82, 2.24) is 20.2 Å². The van der Waals surface area contributed by atoms with Crippen molar-refractivity contribution in [2.45, 2.75) is 37.9 Å². The fourth-order valence-corrected chi connectivity index (χ4v) is 3.60. The van der Waals surface area contributed by atoms with Crippen LogP contribution < -0.4 is 15.9 Å². The van der Waals surface area contributed by atoms with Gasteiger partial charge in [0, 0.05) is 17.7 Å². The Morgan fingerprint density at radius 1 is 1.13 bits per heavy atom. The lowest BCUT2D eigenvalue weighted by Crippen LogP contribution is -2.25. The summed E-state index contributed by atoms with van der Waals surface area (Å²) < 4.78 is 6.72. The number of thioether (sulfide) groups is 1. The molecule has 0 fully saturated rings. The number of hydrogen-bond donors (Lipinski definition) is 2. The second kappa shape index (κ2) is 9.21. The quantitative estimate of drug-likeness (QED) is 0.445. The summed E-state index contributed by atoms with van der Waals surface area (Å²) in [4.78, 5) is 12.2. The first kappa shape index (κ1) is 21.7. The molecule has 8 heteroatoms. The van der Waals surface area contributed by atoms with Gasteiger partial charge in [0.05, 0.1) is 12.9 Å². The number of para-hydroxylation sites is 1. The highest BCUT2D eigenvalue weighted by atomic mass is 32.2. The normalized spacial score (nSPS) is 11.3. The molecule has 3 rings (SSSR count). The molecule has 30 heavy (non-hydrogen) atoms. The number of nitrogens with zero attached hydrogens (tertiary/aromatic N) is 3. The molecule has 1 amide bonds. The molecule has 0 saturated heterocycles. The van der Waals surface area contributed by atoms with Crippen LogP contribution in [0.1, 0.15) is 31.9 Å². The van der Waals surface area contributed by atoms with E-state index in [4.69, 9.17) is 10.6 Å². The number of ether oxygens (including phenoxy) is 1. The summed E-state index contributed by atoms with van der Waals surface area (Å²) in [7, 11) is 1.61. The summed E-state index contributed by atoms with van der Waals surface area (Å²) in [6.45, 7) is 6.90. The maximum Gasteiger partial charge on any atom is 0.230 e. The molecule has 0 bridgehead atoms. The first-order chi connectivity index (χ1) is 14.3. The van der Waals surface area contributed by atoms with E-state index >= 15 is 0 Å². The highest BCUT2D eigenvalue weighted by Gasteiger charge is 2.16. The molecule has 0 radical (unpaired) electrons. The van der Waals surface area contributed by atoms with Gasteiger partial charge in [-0.1, -0.05) is 75.0 Å². The van der Waals surface area contributed by atoms with Crippen molar-refractivity contribution >= 4 is 17.7 Å². The topological polar surface area (TPSA) is 95.1 Å². The summed E-state index contributed by atoms with van der Waals surface area (Å²) >= 11 is 1.24. The van der Waals surface area contributed by atoms with Crippen LogP contribution in [0.4, 0.5) is 0 Å². The van der Waals surface area contributed by atoms with E-state index in [1.165, 1.54) is 22.0 Å². The Kier molecular flexibility index (Phi) is 6.66. The van der Waals surface area contributed by atoms with E-state index in [9.17, 15) is 4.79 Å². The minimum Gasteiger partial charge on any atom is -0.496 e. The van der Waals surface area contributed by atoms with Crippen molar-refractivity contribution in [3.05, 3.63) is 59.7 Å². The standard InChI is InChI=1S/C22H27N5O2S/c1-22(2,3)17-11-9-15(10-12-17)20-25-26-21(27(20)23)30-14-19(28)24-13-16-7-5-6-8-18(16)29-4/h5-12H,13-14,23H2,1-4H3,(H,24,28). The highest BCUT2D eigenvalue weighted by Crippen LogP contribution is 2.26. The second-order valence-corrected chi connectivity index (χ2v) is 8.82. The molecule has 158 valence electrons. The van der Waals surface area contributed by atoms with Crippen LogP contribution in [0.25, 0.3) is 11.4 Å². The molecule has 0 aliphatic heterocycles. The largest absolute Gasteiger partial charge is 0.496 e. The van der Waals surface area contributed by atoms with Gasteiger partial charge >= 0.3 is 0 Å². The molecule has 0 aliphatic rings. The van der Waals surface area contributed by atoms with Crippen molar-refractivity contribution in [1.29, 1.82) is 0 Å². The summed E-state index contributed by atoms with van der Waals surface area (Å²) in [5.74, 6) is 7.55. The van der Waals surface area contributed by atoms with Gasteiger partial charge in [0.15, 0.2) is 5.82 Å². The fourth-order valence-electron chi connectivity index (χ4n) is 2.92. The Morgan fingerprint density at radius 3 is 2.50 bits per heavy atom. The molecule has 0 atom stereocenters. The molecule has 0 saturated carbocycles. The predicted molar refractivity (Wildman–Crippen MR) is 120 cm³/mol. The monoisotopic (exact) mass is 425 g/mol. The summed E-state index contributed by atoms with van der Waals surface area (Å²) in [5.41, 5.74) is 3.11. The van der Waals surface area contributed by atoms with Crippen LogP contribution in [-0.4, -0.2) is 33.6 Å². The summed E-state index contributed by atoms with van der Waals surface area (Å²) in [5, 5.41) is 11.7. The van der Waals surface area contributed by atoms with Crippen molar-refractivity contribution < 1.29 is 9.53 Å². The third-order valence-electron chi connectivity index (χ3n) is 4.67. The lowest BCUT2D eigenvalue weighted by molar-refractivity contribution is -0.118. The second-order valence-electron chi connectivity index (χ2n) is 7.88. The predicted octanol–water partition coefficient (Wildman–Crippen LogP) is 3.37. The van der Waals surface area contributed by atoms with E-state index in [1.54, 1.807) is 7.11 Å². The number of carbonyl (C=O) groups is 1. The van der Waals surface area contributed by atoms with Gasteiger partial charge in [-0.3, -0.25) is 4.79 Å². The Morgan fingerprint density at radius 2 is 1.83 bits per heavy atom. The molecule has 0 spiro atoms. The average molecular weight is 426 g/mol. The van der Waals surface area contributed by atoms with Gasteiger partial charge < -0.3 is 15.9 Å². The van der Waals surface area contributed by atoms with E-state index < -0.39 is 0 Å². The third kappa shape index (κ3) is 5.13. The molecule has 3 N–H and O–H groups in total. The van der Waals surface area contributed by atoms with Gasteiger partial charge in [0.2, 0.25) is 11.1 Å². The van der Waals surface area contributed by atoms with Gasteiger partial charge in [-0.05, 0) is 17.0 Å². The van der Waals surface area contributed by atoms with Crippen LogP contribution in [0.3, 0.4) is 0 Å². The van der Waals surface area contributed by atoms with Crippen molar-refractivity contribution in [3.8, 4) is 17.1 Å². The average Bonchev–Trinajstić information content (AvgIpc) is 3.10. The van der Waals surface area contributed by atoms with E-state index in [0.717, 1.165) is 16.9 Å². The number of hydrogen-bond acceptors (Lipinski definition) is 6. The number of nitrogen functional groups attached to an aromatic ring is 1. The van der Waals surface area contributed by atoms with Crippen molar-refractivity contribution in [2.24, 2.45) is 0 Å². The number of methoxy groups -OCH3 is 1. The van der Waals surface area contributed by atoms with Gasteiger partial charge in [-0.2, -0.15) is 0 Å². The summed E-state index contributed by atoms with van der Waals surface area (Å²) in [6, 6.07) is 15.7. The van der Waals surface area contributed by atoms with Crippen molar-refractivity contribution in [3.63, 3.8) is 0 Å². The molecule has 1 heterocycles. The minimum absolute atomic E-state index is 0.0764. The molecule has 7 nitrogen and oxygen atoms in total. The fraction of sp³-hybridized carbons (Fsp3) is 0.318. The minimum atomic E-state index is -0.120. The van der Waals surface area contributed by atoms with Crippen LogP contribution in [0.15, 0.2) is 53.7 Å². The molecule has 0 aliphatic carbocycles. The maximum absolute atomic E-state index is 12.2. The zero-order valence-corrected chi connectivity index (χ0v) is 18.5. The van der Waals surface area contributed by atoms with Crippen LogP contribution in [0.2, 0.25) is 0 Å². The molecular weight excluding hydrogens is 398 g/mol.